The Labute approximate surface area is 191 Å². The largest absolute Gasteiger partial charge is 0.376 e. The summed E-state index contributed by atoms with van der Waals surface area (Å²) in [5.74, 6) is -0.145. The summed E-state index contributed by atoms with van der Waals surface area (Å²) < 4.78 is 5.09. The van der Waals surface area contributed by atoms with E-state index in [1.165, 1.54) is 0 Å². The standard InChI is InChI=1S/C26H24N4O3/c27-15-22-3-1-2-19-6-9-21(14-23(19)22)18-4-7-20(8-5-18)24(31)29-10-12-30(13-11-29)25(32)26(28)16-33-17-26/h1-9,14H,10-13,16-17,28H2. The van der Waals surface area contributed by atoms with E-state index in [-0.39, 0.29) is 25.0 Å². The maximum atomic E-state index is 13.0. The van der Waals surface area contributed by atoms with Crippen molar-refractivity contribution in [3.63, 3.8) is 0 Å². The van der Waals surface area contributed by atoms with Gasteiger partial charge < -0.3 is 20.3 Å². The van der Waals surface area contributed by atoms with Gasteiger partial charge in [-0.3, -0.25) is 9.59 Å². The molecule has 2 amide bonds. The number of rotatable bonds is 3. The third-order valence-electron chi connectivity index (χ3n) is 6.47. The van der Waals surface area contributed by atoms with Crippen molar-refractivity contribution in [3.8, 4) is 17.2 Å². The zero-order valence-electron chi connectivity index (χ0n) is 18.2. The lowest BCUT2D eigenvalue weighted by molar-refractivity contribution is -0.155. The van der Waals surface area contributed by atoms with Crippen LogP contribution >= 0.6 is 0 Å². The number of nitriles is 1. The first-order valence-electron chi connectivity index (χ1n) is 11.0. The predicted molar refractivity (Wildman–Crippen MR) is 124 cm³/mol. The van der Waals surface area contributed by atoms with Gasteiger partial charge in [-0.1, -0.05) is 36.4 Å². The summed E-state index contributed by atoms with van der Waals surface area (Å²) in [6.07, 6.45) is 0. The fourth-order valence-electron chi connectivity index (χ4n) is 4.41. The second-order valence-electron chi connectivity index (χ2n) is 8.66. The summed E-state index contributed by atoms with van der Waals surface area (Å²) in [5, 5.41) is 11.3. The average molecular weight is 441 g/mol. The Bertz CT molecular complexity index is 1270. The van der Waals surface area contributed by atoms with Crippen molar-refractivity contribution >= 4 is 22.6 Å². The number of ether oxygens (including phenoxy) is 1. The van der Waals surface area contributed by atoms with Gasteiger partial charge in [0.15, 0.2) is 0 Å². The third-order valence-corrected chi connectivity index (χ3v) is 6.47. The van der Waals surface area contributed by atoms with E-state index in [1.807, 2.05) is 60.7 Å². The third kappa shape index (κ3) is 3.84. The second kappa shape index (κ2) is 8.32. The average Bonchev–Trinajstić information content (AvgIpc) is 2.86. The lowest BCUT2D eigenvalue weighted by Crippen LogP contribution is -2.68. The van der Waals surface area contributed by atoms with Crippen LogP contribution in [0.25, 0.3) is 21.9 Å². The maximum Gasteiger partial charge on any atom is 0.253 e. The molecule has 0 aromatic heterocycles. The summed E-state index contributed by atoms with van der Waals surface area (Å²) in [4.78, 5) is 29.0. The van der Waals surface area contributed by atoms with Gasteiger partial charge in [-0.25, -0.2) is 0 Å². The molecule has 33 heavy (non-hydrogen) atoms. The van der Waals surface area contributed by atoms with Crippen molar-refractivity contribution in [2.24, 2.45) is 5.73 Å². The van der Waals surface area contributed by atoms with Crippen LogP contribution in [0.3, 0.4) is 0 Å². The smallest absolute Gasteiger partial charge is 0.253 e. The lowest BCUT2D eigenvalue weighted by Gasteiger charge is -2.43. The van der Waals surface area contributed by atoms with Crippen molar-refractivity contribution in [2.45, 2.75) is 5.54 Å². The Balaban J connectivity index is 1.27. The number of nitrogens with two attached hydrogens (primary N) is 1. The highest BCUT2D eigenvalue weighted by atomic mass is 16.5. The molecule has 2 heterocycles. The van der Waals surface area contributed by atoms with E-state index < -0.39 is 5.54 Å². The molecule has 0 unspecified atom stereocenters. The van der Waals surface area contributed by atoms with E-state index in [0.29, 0.717) is 37.3 Å². The first-order chi connectivity index (χ1) is 16.0. The molecule has 0 saturated carbocycles. The highest BCUT2D eigenvalue weighted by Gasteiger charge is 2.45. The monoisotopic (exact) mass is 440 g/mol. The van der Waals surface area contributed by atoms with Crippen LogP contribution in [0.2, 0.25) is 0 Å². The molecule has 0 aliphatic carbocycles. The lowest BCUT2D eigenvalue weighted by atomic mass is 9.96. The maximum absolute atomic E-state index is 13.0. The highest BCUT2D eigenvalue weighted by molar-refractivity contribution is 5.96. The second-order valence-corrected chi connectivity index (χ2v) is 8.66. The van der Waals surface area contributed by atoms with Gasteiger partial charge in [0.05, 0.1) is 24.8 Å². The molecule has 2 aliphatic heterocycles. The molecule has 2 fully saturated rings. The Morgan fingerprint density at radius 3 is 2.21 bits per heavy atom. The molecule has 0 bridgehead atoms. The number of fused-ring (bicyclic) bond motifs is 1. The van der Waals surface area contributed by atoms with Gasteiger partial charge in [0.2, 0.25) is 5.91 Å². The highest BCUT2D eigenvalue weighted by Crippen LogP contribution is 2.27. The van der Waals surface area contributed by atoms with E-state index in [2.05, 4.69) is 6.07 Å². The Hall–Kier alpha value is -3.73. The minimum atomic E-state index is -0.904. The molecular weight excluding hydrogens is 416 g/mol. The first kappa shape index (κ1) is 21.1. The van der Waals surface area contributed by atoms with Gasteiger partial charge >= 0.3 is 0 Å². The minimum Gasteiger partial charge on any atom is -0.376 e. The van der Waals surface area contributed by atoms with E-state index >= 15 is 0 Å². The van der Waals surface area contributed by atoms with Crippen LogP contribution in [0.4, 0.5) is 0 Å². The van der Waals surface area contributed by atoms with Crippen LogP contribution in [0.1, 0.15) is 15.9 Å². The van der Waals surface area contributed by atoms with Gasteiger partial charge in [-0.2, -0.15) is 5.26 Å². The Morgan fingerprint density at radius 1 is 0.909 bits per heavy atom. The number of hydrogen-bond donors (Lipinski definition) is 1. The van der Waals surface area contributed by atoms with Crippen LogP contribution in [-0.4, -0.2) is 66.5 Å². The zero-order valence-corrected chi connectivity index (χ0v) is 18.2. The Kier molecular flexibility index (Phi) is 5.33. The van der Waals surface area contributed by atoms with Gasteiger partial charge in [0.1, 0.15) is 5.54 Å². The molecule has 2 N–H and O–H groups in total. The number of nitrogens with zero attached hydrogens (tertiary/aromatic N) is 3. The predicted octanol–water partition coefficient (Wildman–Crippen LogP) is 2.39. The summed E-state index contributed by atoms with van der Waals surface area (Å²) >= 11 is 0. The summed E-state index contributed by atoms with van der Waals surface area (Å²) in [5.41, 5.74) is 8.38. The fraction of sp³-hybridized carbons (Fsp3) is 0.269. The summed E-state index contributed by atoms with van der Waals surface area (Å²) in [6, 6.07) is 21.5. The van der Waals surface area contributed by atoms with Crippen LogP contribution in [0.5, 0.6) is 0 Å². The Morgan fingerprint density at radius 2 is 1.58 bits per heavy atom. The van der Waals surface area contributed by atoms with E-state index in [0.717, 1.165) is 21.9 Å². The van der Waals surface area contributed by atoms with E-state index in [9.17, 15) is 14.9 Å². The van der Waals surface area contributed by atoms with Gasteiger partial charge in [-0.15, -0.1) is 0 Å². The normalized spacial score (nSPS) is 17.3. The number of piperazine rings is 1. The molecule has 3 aromatic carbocycles. The number of benzene rings is 3. The van der Waals surface area contributed by atoms with Crippen LogP contribution < -0.4 is 5.73 Å². The molecule has 5 rings (SSSR count). The first-order valence-corrected chi connectivity index (χ1v) is 11.0. The van der Waals surface area contributed by atoms with Crippen molar-refractivity contribution in [3.05, 3.63) is 71.8 Å². The van der Waals surface area contributed by atoms with Crippen molar-refractivity contribution in [1.29, 1.82) is 5.26 Å². The molecule has 3 aromatic rings. The summed E-state index contributed by atoms with van der Waals surface area (Å²) in [7, 11) is 0. The molecule has 166 valence electrons. The van der Waals surface area contributed by atoms with Gasteiger partial charge in [0, 0.05) is 37.1 Å². The quantitative estimate of drug-likeness (QED) is 0.674. The number of amides is 2. The van der Waals surface area contributed by atoms with Crippen LogP contribution in [-0.2, 0) is 9.53 Å². The van der Waals surface area contributed by atoms with Gasteiger partial charge in [-0.05, 0) is 40.8 Å². The topological polar surface area (TPSA) is 99.7 Å². The number of carbonyl (C=O) groups is 2. The molecule has 0 atom stereocenters. The molecule has 7 heteroatoms. The summed E-state index contributed by atoms with van der Waals surface area (Å²) in [6.45, 7) is 2.41. The van der Waals surface area contributed by atoms with Gasteiger partial charge in [0.25, 0.3) is 5.91 Å². The minimum absolute atomic E-state index is 0.0478. The SMILES string of the molecule is N#Cc1cccc2ccc(-c3ccc(C(=O)N4CCN(C(=O)C5(N)COC5)CC4)cc3)cc12. The van der Waals surface area contributed by atoms with Crippen molar-refractivity contribution < 1.29 is 14.3 Å². The fourth-order valence-corrected chi connectivity index (χ4v) is 4.41. The molecule has 0 spiro atoms. The van der Waals surface area contributed by atoms with Crippen LogP contribution in [0, 0.1) is 11.3 Å². The van der Waals surface area contributed by atoms with E-state index in [1.54, 1.807) is 9.80 Å². The zero-order chi connectivity index (χ0) is 23.0. The molecular formula is C26H24N4O3. The van der Waals surface area contributed by atoms with Crippen molar-refractivity contribution in [1.82, 2.24) is 9.80 Å². The molecule has 2 saturated heterocycles. The number of carbonyl (C=O) groups excluding carboxylic acids is 2. The van der Waals surface area contributed by atoms with Crippen LogP contribution in [0.15, 0.2) is 60.7 Å². The molecule has 2 aliphatic rings. The van der Waals surface area contributed by atoms with Crippen molar-refractivity contribution in [2.75, 3.05) is 39.4 Å². The molecule has 7 nitrogen and oxygen atoms in total. The molecule has 0 radical (unpaired) electrons. The number of hydrogen-bond acceptors (Lipinski definition) is 5. The van der Waals surface area contributed by atoms with E-state index in [4.69, 9.17) is 10.5 Å².